The van der Waals surface area contributed by atoms with E-state index in [4.69, 9.17) is 14.4 Å². The molecule has 2 N–H and O–H groups in total. The molecule has 3 rings (SSSR count). The smallest absolute Gasteiger partial charge is 0.204 e. The Morgan fingerprint density at radius 2 is 2.29 bits per heavy atom. The van der Waals surface area contributed by atoms with Gasteiger partial charge in [-0.05, 0) is 18.9 Å². The molecule has 0 amide bonds. The topological polar surface area (TPSA) is 94.6 Å². The monoisotopic (exact) mass is 330 g/mol. The zero-order chi connectivity index (χ0) is 16.9. The molecule has 3 heterocycles. The normalized spacial score (nSPS) is 17.7. The first-order chi connectivity index (χ1) is 11.7. The minimum atomic E-state index is -0.431. The zero-order valence-corrected chi connectivity index (χ0v) is 13.7. The number of methoxy groups -OCH3 is 1. The number of ether oxygens (including phenoxy) is 1. The molecule has 2 aromatic rings. The van der Waals surface area contributed by atoms with Crippen LogP contribution < -0.4 is 5.32 Å². The Bertz CT molecular complexity index is 716. The number of rotatable bonds is 6. The number of fused-ring (bicyclic) bond motifs is 1. The van der Waals surface area contributed by atoms with Crippen molar-refractivity contribution < 1.29 is 14.3 Å². The molecule has 0 aromatic carbocycles. The van der Waals surface area contributed by atoms with Gasteiger partial charge in [0.1, 0.15) is 11.9 Å². The van der Waals surface area contributed by atoms with Gasteiger partial charge in [0, 0.05) is 44.2 Å². The van der Waals surface area contributed by atoms with E-state index in [0.29, 0.717) is 30.5 Å². The molecule has 0 bridgehead atoms. The summed E-state index contributed by atoms with van der Waals surface area (Å²) in [6.45, 7) is 2.89. The van der Waals surface area contributed by atoms with Crippen LogP contribution in [0.5, 0.6) is 0 Å². The summed E-state index contributed by atoms with van der Waals surface area (Å²) in [4.78, 5) is 6.61. The number of furan rings is 1. The highest BCUT2D eigenvalue weighted by molar-refractivity contribution is 5.80. The van der Waals surface area contributed by atoms with Crippen molar-refractivity contribution in [3.8, 4) is 6.07 Å². The maximum absolute atomic E-state index is 9.80. The number of β-amino-alcohol motifs (C(OH)–C–C–N with tert-alkyl or cyclic N) is 1. The summed E-state index contributed by atoms with van der Waals surface area (Å²) in [5.74, 6) is 1.09. The minimum absolute atomic E-state index is 0.298. The number of anilines is 1. The van der Waals surface area contributed by atoms with E-state index in [2.05, 4.69) is 15.2 Å². The van der Waals surface area contributed by atoms with Crippen LogP contribution in [0.25, 0.3) is 11.0 Å². The molecular weight excluding hydrogens is 308 g/mol. The second-order valence-corrected chi connectivity index (χ2v) is 6.16. The van der Waals surface area contributed by atoms with Crippen LogP contribution in [-0.2, 0) is 4.74 Å². The first kappa shape index (κ1) is 16.7. The van der Waals surface area contributed by atoms with Gasteiger partial charge in [-0.15, -0.1) is 0 Å². The molecule has 7 nitrogen and oxygen atoms in total. The molecule has 0 unspecified atom stereocenters. The number of nitrogens with one attached hydrogen (secondary N) is 1. The van der Waals surface area contributed by atoms with Crippen molar-refractivity contribution in [2.45, 2.75) is 25.0 Å². The summed E-state index contributed by atoms with van der Waals surface area (Å²) in [5.41, 5.74) is 0.624. The van der Waals surface area contributed by atoms with Gasteiger partial charge in [-0.3, -0.25) is 0 Å². The first-order valence-electron chi connectivity index (χ1n) is 8.13. The lowest BCUT2D eigenvalue weighted by Gasteiger charge is -2.33. The van der Waals surface area contributed by atoms with Crippen LogP contribution in [0.2, 0.25) is 0 Å². The predicted molar refractivity (Wildman–Crippen MR) is 89.7 cm³/mol. The summed E-state index contributed by atoms with van der Waals surface area (Å²) in [6.07, 6.45) is 3.20. The van der Waals surface area contributed by atoms with Crippen molar-refractivity contribution in [3.05, 3.63) is 24.1 Å². The summed E-state index contributed by atoms with van der Waals surface area (Å²) in [6, 6.07) is 5.99. The number of aromatic nitrogens is 1. The fourth-order valence-electron chi connectivity index (χ4n) is 3.09. The molecule has 0 radical (unpaired) electrons. The molecule has 128 valence electrons. The Labute approximate surface area is 140 Å². The highest BCUT2D eigenvalue weighted by Crippen LogP contribution is 2.22. The number of hydrogen-bond acceptors (Lipinski definition) is 7. The van der Waals surface area contributed by atoms with E-state index in [9.17, 15) is 5.11 Å². The van der Waals surface area contributed by atoms with Gasteiger partial charge in [0.2, 0.25) is 5.76 Å². The zero-order valence-electron chi connectivity index (χ0n) is 13.7. The minimum Gasteiger partial charge on any atom is -0.444 e. The van der Waals surface area contributed by atoms with E-state index in [-0.39, 0.29) is 0 Å². The molecule has 0 spiro atoms. The average Bonchev–Trinajstić information content (AvgIpc) is 2.99. The molecule has 7 heteroatoms. The standard InChI is InChI=1S/C17H22N4O3/c1-23-11-14(22)10-21-4-2-13(3-5-21)20-17-7-12-6-15(8-18)24-16(12)9-19-17/h6-7,9,13-14,22H,2-5,10-11H2,1H3,(H,19,20)/t14-/m0/s1. The molecular formula is C17H22N4O3. The van der Waals surface area contributed by atoms with Gasteiger partial charge >= 0.3 is 0 Å². The molecule has 24 heavy (non-hydrogen) atoms. The van der Waals surface area contributed by atoms with E-state index in [1.54, 1.807) is 19.4 Å². The number of aliphatic hydroxyl groups is 1. The third-order valence-electron chi connectivity index (χ3n) is 4.28. The third kappa shape index (κ3) is 4.03. The summed E-state index contributed by atoms with van der Waals surface area (Å²) < 4.78 is 10.3. The number of likely N-dealkylation sites (tertiary alicyclic amines) is 1. The molecule has 1 aliphatic heterocycles. The largest absolute Gasteiger partial charge is 0.444 e. The van der Waals surface area contributed by atoms with Gasteiger partial charge < -0.3 is 24.5 Å². The van der Waals surface area contributed by atoms with Gasteiger partial charge in [-0.2, -0.15) is 5.26 Å². The molecule has 0 saturated carbocycles. The molecule has 0 aliphatic carbocycles. The molecule has 1 fully saturated rings. The highest BCUT2D eigenvalue weighted by Gasteiger charge is 2.21. The van der Waals surface area contributed by atoms with Crippen LogP contribution in [0.1, 0.15) is 18.6 Å². The van der Waals surface area contributed by atoms with E-state index >= 15 is 0 Å². The lowest BCUT2D eigenvalue weighted by Crippen LogP contribution is -2.43. The number of aliphatic hydroxyl groups excluding tert-OH is 1. The van der Waals surface area contributed by atoms with Crippen molar-refractivity contribution in [1.29, 1.82) is 5.26 Å². The van der Waals surface area contributed by atoms with Crippen molar-refractivity contribution in [2.24, 2.45) is 0 Å². The van der Waals surface area contributed by atoms with Gasteiger partial charge in [-0.1, -0.05) is 0 Å². The quantitative estimate of drug-likeness (QED) is 0.830. The van der Waals surface area contributed by atoms with E-state index in [1.165, 1.54) is 0 Å². The second-order valence-electron chi connectivity index (χ2n) is 6.16. The van der Waals surface area contributed by atoms with Crippen LogP contribution in [-0.4, -0.2) is 60.5 Å². The van der Waals surface area contributed by atoms with Gasteiger partial charge in [0.05, 0.1) is 18.9 Å². The Hall–Kier alpha value is -2.14. The lowest BCUT2D eigenvalue weighted by molar-refractivity contribution is 0.0327. The Morgan fingerprint density at radius 3 is 3.00 bits per heavy atom. The van der Waals surface area contributed by atoms with Crippen LogP contribution in [0, 0.1) is 11.3 Å². The number of piperidine rings is 1. The Balaban J connectivity index is 1.53. The molecule has 1 aliphatic rings. The van der Waals surface area contributed by atoms with E-state index < -0.39 is 6.10 Å². The van der Waals surface area contributed by atoms with Crippen molar-refractivity contribution in [2.75, 3.05) is 38.7 Å². The fraction of sp³-hybridized carbons (Fsp3) is 0.529. The Kier molecular flexibility index (Phi) is 5.30. The summed E-state index contributed by atoms with van der Waals surface area (Å²) in [5, 5.41) is 23.0. The lowest BCUT2D eigenvalue weighted by atomic mass is 10.0. The van der Waals surface area contributed by atoms with Crippen molar-refractivity contribution in [1.82, 2.24) is 9.88 Å². The van der Waals surface area contributed by atoms with E-state index in [0.717, 1.165) is 37.1 Å². The third-order valence-corrected chi connectivity index (χ3v) is 4.28. The van der Waals surface area contributed by atoms with Crippen molar-refractivity contribution in [3.63, 3.8) is 0 Å². The number of hydrogen-bond donors (Lipinski definition) is 2. The maximum Gasteiger partial charge on any atom is 0.204 e. The van der Waals surface area contributed by atoms with Crippen LogP contribution in [0.3, 0.4) is 0 Å². The van der Waals surface area contributed by atoms with Crippen LogP contribution in [0.15, 0.2) is 22.7 Å². The number of nitrogens with zero attached hydrogens (tertiary/aromatic N) is 3. The summed E-state index contributed by atoms with van der Waals surface area (Å²) >= 11 is 0. The Morgan fingerprint density at radius 1 is 1.50 bits per heavy atom. The van der Waals surface area contributed by atoms with Crippen LogP contribution >= 0.6 is 0 Å². The molecule has 1 atom stereocenters. The predicted octanol–water partition coefficient (Wildman–Crippen LogP) is 1.58. The molecule has 2 aromatic heterocycles. The highest BCUT2D eigenvalue weighted by atomic mass is 16.5. The SMILES string of the molecule is COC[C@@H](O)CN1CCC(Nc2cc3cc(C#N)oc3cn2)CC1. The van der Waals surface area contributed by atoms with E-state index in [1.807, 2.05) is 12.1 Å². The van der Waals surface area contributed by atoms with Gasteiger partial charge in [0.25, 0.3) is 0 Å². The number of nitriles is 1. The molecule has 1 saturated heterocycles. The maximum atomic E-state index is 9.80. The van der Waals surface area contributed by atoms with Crippen molar-refractivity contribution >= 4 is 16.8 Å². The number of pyridine rings is 1. The van der Waals surface area contributed by atoms with Gasteiger partial charge in [-0.25, -0.2) is 4.98 Å². The summed E-state index contributed by atoms with van der Waals surface area (Å²) in [7, 11) is 1.60. The van der Waals surface area contributed by atoms with Crippen LogP contribution in [0.4, 0.5) is 5.82 Å². The average molecular weight is 330 g/mol. The van der Waals surface area contributed by atoms with Gasteiger partial charge in [0.15, 0.2) is 5.58 Å². The fourth-order valence-corrected chi connectivity index (χ4v) is 3.09. The second kappa shape index (κ2) is 7.62. The first-order valence-corrected chi connectivity index (χ1v) is 8.13.